The second kappa shape index (κ2) is 5.30. The molecule has 0 bridgehead atoms. The highest BCUT2D eigenvalue weighted by atomic mass is 32.1. The van der Waals surface area contributed by atoms with Crippen molar-refractivity contribution in [1.29, 1.82) is 0 Å². The lowest BCUT2D eigenvalue weighted by Gasteiger charge is -2.16. The molecule has 6 heteroatoms. The fraction of sp³-hybridized carbons (Fsp3) is 0.417. The van der Waals surface area contributed by atoms with Crippen LogP contribution in [0.2, 0.25) is 0 Å². The Hall–Kier alpha value is -1.69. The molecule has 0 aliphatic carbocycles. The molecule has 0 saturated carbocycles. The summed E-state index contributed by atoms with van der Waals surface area (Å²) in [7, 11) is 1.74. The molecule has 0 radical (unpaired) electrons. The predicted molar refractivity (Wildman–Crippen MR) is 71.8 cm³/mol. The van der Waals surface area contributed by atoms with Crippen LogP contribution in [-0.2, 0) is 11.3 Å². The second-order valence-electron chi connectivity index (χ2n) is 4.34. The molecule has 2 rings (SSSR count). The summed E-state index contributed by atoms with van der Waals surface area (Å²) in [5.74, 6) is 1.23. The molecule has 1 amide bonds. The smallest absolute Gasteiger partial charge is 0.248 e. The van der Waals surface area contributed by atoms with Crippen LogP contribution in [0.3, 0.4) is 0 Å². The Morgan fingerprint density at radius 3 is 2.83 bits per heavy atom. The minimum atomic E-state index is 0.00449. The molecule has 0 N–H and O–H groups in total. The van der Waals surface area contributed by atoms with Crippen molar-refractivity contribution in [1.82, 2.24) is 14.5 Å². The Labute approximate surface area is 110 Å². The third-order valence-electron chi connectivity index (χ3n) is 2.65. The lowest BCUT2D eigenvalue weighted by molar-refractivity contribution is -0.118. The van der Waals surface area contributed by atoms with Crippen LogP contribution in [0.5, 0.6) is 0 Å². The molecule has 0 aliphatic heterocycles. The van der Waals surface area contributed by atoms with E-state index in [1.807, 2.05) is 16.1 Å². The number of imidazole rings is 1. The van der Waals surface area contributed by atoms with Crippen molar-refractivity contribution in [2.75, 3.05) is 11.9 Å². The summed E-state index contributed by atoms with van der Waals surface area (Å²) in [5, 5.41) is 2.57. The van der Waals surface area contributed by atoms with Crippen LogP contribution >= 0.6 is 11.3 Å². The normalized spacial score (nSPS) is 10.9. The minimum absolute atomic E-state index is 0.00449. The molecule has 0 unspecified atom stereocenters. The molecule has 0 atom stereocenters. The van der Waals surface area contributed by atoms with Crippen molar-refractivity contribution in [3.8, 4) is 0 Å². The number of nitrogens with zero attached hydrogens (tertiary/aromatic N) is 4. The molecule has 0 aliphatic rings. The van der Waals surface area contributed by atoms with Gasteiger partial charge in [0.25, 0.3) is 0 Å². The highest BCUT2D eigenvalue weighted by Crippen LogP contribution is 2.17. The fourth-order valence-electron chi connectivity index (χ4n) is 1.70. The van der Waals surface area contributed by atoms with Gasteiger partial charge in [-0.1, -0.05) is 13.8 Å². The Morgan fingerprint density at radius 1 is 1.44 bits per heavy atom. The summed E-state index contributed by atoms with van der Waals surface area (Å²) in [6, 6.07) is 0. The maximum Gasteiger partial charge on any atom is 0.248 e. The van der Waals surface area contributed by atoms with Gasteiger partial charge in [0.05, 0.1) is 0 Å². The molecule has 0 aromatic carbocycles. The van der Waals surface area contributed by atoms with Gasteiger partial charge in [0, 0.05) is 36.9 Å². The van der Waals surface area contributed by atoms with Crippen molar-refractivity contribution in [2.24, 2.45) is 0 Å². The van der Waals surface area contributed by atoms with Gasteiger partial charge in [-0.2, -0.15) is 0 Å². The largest absolute Gasteiger partial charge is 0.325 e. The first-order chi connectivity index (χ1) is 8.59. The van der Waals surface area contributed by atoms with E-state index in [-0.39, 0.29) is 5.91 Å². The average molecular weight is 264 g/mol. The first kappa shape index (κ1) is 12.8. The van der Waals surface area contributed by atoms with Gasteiger partial charge in [0.15, 0.2) is 5.13 Å². The third-order valence-corrected chi connectivity index (χ3v) is 3.50. The van der Waals surface area contributed by atoms with Crippen LogP contribution in [0, 0.1) is 0 Å². The highest BCUT2D eigenvalue weighted by Gasteiger charge is 2.16. The first-order valence-corrected chi connectivity index (χ1v) is 6.64. The van der Waals surface area contributed by atoms with Gasteiger partial charge >= 0.3 is 0 Å². The lowest BCUT2D eigenvalue weighted by Crippen LogP contribution is -2.30. The van der Waals surface area contributed by atoms with Gasteiger partial charge in [-0.3, -0.25) is 9.69 Å². The van der Waals surface area contributed by atoms with E-state index in [1.54, 1.807) is 24.3 Å². The van der Waals surface area contributed by atoms with E-state index in [2.05, 4.69) is 23.8 Å². The molecule has 0 fully saturated rings. The van der Waals surface area contributed by atoms with Crippen molar-refractivity contribution >= 4 is 22.4 Å². The lowest BCUT2D eigenvalue weighted by atomic mass is 10.2. The Balaban J connectivity index is 2.09. The van der Waals surface area contributed by atoms with Gasteiger partial charge in [-0.05, 0) is 0 Å². The van der Waals surface area contributed by atoms with E-state index in [1.165, 1.54) is 11.3 Å². The van der Waals surface area contributed by atoms with E-state index in [9.17, 15) is 4.79 Å². The maximum absolute atomic E-state index is 12.1. The van der Waals surface area contributed by atoms with Gasteiger partial charge in [-0.25, -0.2) is 9.97 Å². The first-order valence-electron chi connectivity index (χ1n) is 5.76. The number of carbonyl (C=O) groups excluding carboxylic acids is 1. The third kappa shape index (κ3) is 2.59. The summed E-state index contributed by atoms with van der Waals surface area (Å²) in [5.41, 5.74) is 0. The summed E-state index contributed by atoms with van der Waals surface area (Å²) in [4.78, 5) is 22.1. The van der Waals surface area contributed by atoms with Crippen molar-refractivity contribution in [2.45, 2.75) is 26.3 Å². The predicted octanol–water partition coefficient (Wildman–Crippen LogP) is 2.13. The number of hydrogen-bond donors (Lipinski definition) is 0. The van der Waals surface area contributed by atoms with Gasteiger partial charge in [0.2, 0.25) is 5.91 Å². The van der Waals surface area contributed by atoms with E-state index < -0.39 is 0 Å². The summed E-state index contributed by atoms with van der Waals surface area (Å²) < 4.78 is 1.89. The summed E-state index contributed by atoms with van der Waals surface area (Å²) in [6.45, 7) is 4.42. The number of rotatable bonds is 4. The van der Waals surface area contributed by atoms with Crippen LogP contribution < -0.4 is 4.90 Å². The van der Waals surface area contributed by atoms with E-state index >= 15 is 0 Å². The van der Waals surface area contributed by atoms with Gasteiger partial charge in [-0.15, -0.1) is 11.3 Å². The van der Waals surface area contributed by atoms with Crippen molar-refractivity contribution < 1.29 is 4.79 Å². The van der Waals surface area contributed by atoms with E-state index in [0.717, 1.165) is 5.82 Å². The van der Waals surface area contributed by atoms with Crippen LogP contribution in [0.15, 0.2) is 24.0 Å². The van der Waals surface area contributed by atoms with Crippen LogP contribution in [0.4, 0.5) is 5.13 Å². The SMILES string of the molecule is CC(C)c1nccn1CC(=O)N(C)c1nccs1. The monoisotopic (exact) mass is 264 g/mol. The van der Waals surface area contributed by atoms with Crippen LogP contribution in [-0.4, -0.2) is 27.5 Å². The molecule has 5 nitrogen and oxygen atoms in total. The van der Waals surface area contributed by atoms with Crippen molar-refractivity contribution in [3.63, 3.8) is 0 Å². The minimum Gasteiger partial charge on any atom is -0.325 e. The van der Waals surface area contributed by atoms with Gasteiger partial charge in [0.1, 0.15) is 12.4 Å². The Kier molecular flexibility index (Phi) is 3.76. The zero-order valence-corrected chi connectivity index (χ0v) is 11.5. The molecular weight excluding hydrogens is 248 g/mol. The molecule has 0 saturated heterocycles. The molecule has 18 heavy (non-hydrogen) atoms. The second-order valence-corrected chi connectivity index (χ2v) is 5.21. The standard InChI is InChI=1S/C12H16N4OS/c1-9(2)11-13-4-6-16(11)8-10(17)15(3)12-14-5-7-18-12/h4-7,9H,8H2,1-3H3. The maximum atomic E-state index is 12.1. The quantitative estimate of drug-likeness (QED) is 0.850. The molecule has 2 aromatic heterocycles. The zero-order valence-electron chi connectivity index (χ0n) is 10.7. The Morgan fingerprint density at radius 2 is 2.22 bits per heavy atom. The number of thiazole rings is 1. The molecule has 2 aromatic rings. The van der Waals surface area contributed by atoms with E-state index in [0.29, 0.717) is 17.6 Å². The molecular formula is C12H16N4OS. The fourth-order valence-corrected chi connectivity index (χ4v) is 2.32. The Bertz CT molecular complexity index is 518. The number of hydrogen-bond acceptors (Lipinski definition) is 4. The average Bonchev–Trinajstić information content (AvgIpc) is 2.98. The molecule has 0 spiro atoms. The van der Waals surface area contributed by atoms with Crippen LogP contribution in [0.1, 0.15) is 25.6 Å². The van der Waals surface area contributed by atoms with E-state index in [4.69, 9.17) is 0 Å². The topological polar surface area (TPSA) is 51.0 Å². The molecule has 2 heterocycles. The van der Waals surface area contributed by atoms with Crippen LogP contribution in [0.25, 0.3) is 0 Å². The number of aromatic nitrogens is 3. The van der Waals surface area contributed by atoms with Gasteiger partial charge < -0.3 is 4.57 Å². The highest BCUT2D eigenvalue weighted by molar-refractivity contribution is 7.13. The number of carbonyl (C=O) groups is 1. The van der Waals surface area contributed by atoms with Crippen molar-refractivity contribution in [3.05, 3.63) is 29.8 Å². The number of likely N-dealkylation sites (N-methyl/N-ethyl adjacent to an activating group) is 1. The number of amides is 1. The molecule has 96 valence electrons. The zero-order chi connectivity index (χ0) is 13.1. The summed E-state index contributed by atoms with van der Waals surface area (Å²) in [6.07, 6.45) is 5.26. The summed E-state index contributed by atoms with van der Waals surface area (Å²) >= 11 is 1.45. The number of anilines is 1.